The molecule has 2 heterocycles. The van der Waals surface area contributed by atoms with E-state index in [9.17, 15) is 0 Å². The van der Waals surface area contributed by atoms with Crippen LogP contribution >= 0.6 is 0 Å². The van der Waals surface area contributed by atoms with E-state index in [1.165, 1.54) is 0 Å². The van der Waals surface area contributed by atoms with Crippen LogP contribution in [0, 0.1) is 0 Å². The van der Waals surface area contributed by atoms with Crippen molar-refractivity contribution in [2.75, 3.05) is 20.4 Å². The molecule has 0 fully saturated rings. The molecule has 0 unspecified atom stereocenters. The first-order valence-corrected chi connectivity index (χ1v) is 6.41. The number of hydrogen-bond acceptors (Lipinski definition) is 6. The second-order valence-electron chi connectivity index (χ2n) is 4.37. The number of hydrogen-bond donors (Lipinski definition) is 1. The van der Waals surface area contributed by atoms with Crippen molar-refractivity contribution in [2.45, 2.75) is 13.1 Å². The van der Waals surface area contributed by atoms with Crippen molar-refractivity contribution in [3.8, 4) is 17.2 Å². The SMILES string of the molecule is CNCc1cn(CCOc2ccc3c(c2)OCO3)nn1. The molecule has 3 rings (SSSR count). The monoisotopic (exact) mass is 276 g/mol. The van der Waals surface area contributed by atoms with Gasteiger partial charge >= 0.3 is 0 Å². The van der Waals surface area contributed by atoms with Gasteiger partial charge in [-0.05, 0) is 19.2 Å². The summed E-state index contributed by atoms with van der Waals surface area (Å²) in [5, 5.41) is 11.1. The van der Waals surface area contributed by atoms with Crippen LogP contribution in [-0.2, 0) is 13.1 Å². The highest BCUT2D eigenvalue weighted by Crippen LogP contribution is 2.34. The topological polar surface area (TPSA) is 70.4 Å². The molecule has 106 valence electrons. The number of nitrogens with zero attached hydrogens (tertiary/aromatic N) is 3. The van der Waals surface area contributed by atoms with E-state index in [-0.39, 0.29) is 6.79 Å². The largest absolute Gasteiger partial charge is 0.492 e. The van der Waals surface area contributed by atoms with Gasteiger partial charge in [-0.3, -0.25) is 0 Å². The van der Waals surface area contributed by atoms with Gasteiger partial charge in [-0.25, -0.2) is 4.68 Å². The maximum Gasteiger partial charge on any atom is 0.231 e. The van der Waals surface area contributed by atoms with Gasteiger partial charge in [-0.2, -0.15) is 0 Å². The van der Waals surface area contributed by atoms with Crippen LogP contribution < -0.4 is 19.5 Å². The summed E-state index contributed by atoms with van der Waals surface area (Å²) in [4.78, 5) is 0. The number of fused-ring (bicyclic) bond motifs is 1. The molecule has 7 heteroatoms. The van der Waals surface area contributed by atoms with Gasteiger partial charge in [0.25, 0.3) is 0 Å². The van der Waals surface area contributed by atoms with E-state index in [0.29, 0.717) is 19.7 Å². The molecule has 0 atom stereocenters. The zero-order valence-electron chi connectivity index (χ0n) is 11.2. The summed E-state index contributed by atoms with van der Waals surface area (Å²) in [7, 11) is 1.88. The molecular weight excluding hydrogens is 260 g/mol. The average molecular weight is 276 g/mol. The second kappa shape index (κ2) is 5.79. The van der Waals surface area contributed by atoms with Crippen molar-refractivity contribution >= 4 is 0 Å². The first-order chi connectivity index (χ1) is 9.85. The number of ether oxygens (including phenoxy) is 3. The van der Waals surface area contributed by atoms with Crippen LogP contribution in [-0.4, -0.2) is 35.4 Å². The van der Waals surface area contributed by atoms with Crippen LogP contribution in [0.1, 0.15) is 5.69 Å². The Morgan fingerprint density at radius 1 is 1.35 bits per heavy atom. The molecule has 0 amide bonds. The van der Waals surface area contributed by atoms with E-state index in [1.807, 2.05) is 31.4 Å². The maximum atomic E-state index is 5.66. The number of nitrogens with one attached hydrogen (secondary N) is 1. The third-order valence-corrected chi connectivity index (χ3v) is 2.88. The third kappa shape index (κ3) is 2.83. The van der Waals surface area contributed by atoms with Crippen LogP contribution in [0.5, 0.6) is 17.2 Å². The molecule has 0 saturated carbocycles. The molecule has 7 nitrogen and oxygen atoms in total. The predicted octanol–water partition coefficient (Wildman–Crippen LogP) is 0.805. The smallest absolute Gasteiger partial charge is 0.231 e. The Kier molecular flexibility index (Phi) is 3.69. The van der Waals surface area contributed by atoms with Crippen LogP contribution in [0.3, 0.4) is 0 Å². The van der Waals surface area contributed by atoms with Gasteiger partial charge in [0.2, 0.25) is 6.79 Å². The van der Waals surface area contributed by atoms with E-state index in [2.05, 4.69) is 15.6 Å². The van der Waals surface area contributed by atoms with Gasteiger partial charge in [-0.15, -0.1) is 5.10 Å². The minimum absolute atomic E-state index is 0.270. The minimum atomic E-state index is 0.270. The Morgan fingerprint density at radius 3 is 3.15 bits per heavy atom. The first kappa shape index (κ1) is 12.7. The number of rotatable bonds is 6. The standard InChI is InChI=1S/C13H16N4O3/c1-14-7-10-8-17(16-15-10)4-5-18-11-2-3-12-13(6-11)20-9-19-12/h2-3,6,8,14H,4-5,7,9H2,1H3. The molecular formula is C13H16N4O3. The van der Waals surface area contributed by atoms with Crippen molar-refractivity contribution in [2.24, 2.45) is 0 Å². The van der Waals surface area contributed by atoms with Gasteiger partial charge in [0.1, 0.15) is 12.4 Å². The summed E-state index contributed by atoms with van der Waals surface area (Å²) < 4.78 is 18.0. The highest BCUT2D eigenvalue weighted by molar-refractivity contribution is 5.46. The Bertz CT molecular complexity index is 585. The van der Waals surface area contributed by atoms with Crippen LogP contribution in [0.2, 0.25) is 0 Å². The van der Waals surface area contributed by atoms with Crippen molar-refractivity contribution < 1.29 is 14.2 Å². The summed E-state index contributed by atoms with van der Waals surface area (Å²) in [6.07, 6.45) is 1.90. The summed E-state index contributed by atoms with van der Waals surface area (Å²) in [6, 6.07) is 5.54. The fourth-order valence-corrected chi connectivity index (χ4v) is 1.93. The number of aromatic nitrogens is 3. The number of benzene rings is 1. The van der Waals surface area contributed by atoms with Crippen LogP contribution in [0.4, 0.5) is 0 Å². The highest BCUT2D eigenvalue weighted by atomic mass is 16.7. The molecule has 1 aliphatic heterocycles. The fraction of sp³-hybridized carbons (Fsp3) is 0.385. The van der Waals surface area contributed by atoms with E-state index < -0.39 is 0 Å². The van der Waals surface area contributed by atoms with E-state index >= 15 is 0 Å². The summed E-state index contributed by atoms with van der Waals surface area (Å²) in [5.41, 5.74) is 0.913. The lowest BCUT2D eigenvalue weighted by molar-refractivity contribution is 0.173. The lowest BCUT2D eigenvalue weighted by atomic mass is 10.3. The lowest BCUT2D eigenvalue weighted by Gasteiger charge is -2.06. The summed E-state index contributed by atoms with van der Waals surface area (Å²) >= 11 is 0. The molecule has 0 radical (unpaired) electrons. The van der Waals surface area contributed by atoms with Gasteiger partial charge in [-0.1, -0.05) is 5.21 Å². The van der Waals surface area contributed by atoms with Gasteiger partial charge in [0.05, 0.1) is 12.2 Å². The van der Waals surface area contributed by atoms with Crippen LogP contribution in [0.25, 0.3) is 0 Å². The average Bonchev–Trinajstić information content (AvgIpc) is 3.08. The molecule has 0 bridgehead atoms. The van der Waals surface area contributed by atoms with E-state index in [4.69, 9.17) is 14.2 Å². The Hall–Kier alpha value is -2.28. The zero-order valence-corrected chi connectivity index (χ0v) is 11.2. The van der Waals surface area contributed by atoms with Crippen molar-refractivity contribution in [1.82, 2.24) is 20.3 Å². The molecule has 0 aliphatic carbocycles. The van der Waals surface area contributed by atoms with E-state index in [0.717, 1.165) is 22.9 Å². The normalized spacial score (nSPS) is 12.7. The zero-order chi connectivity index (χ0) is 13.8. The minimum Gasteiger partial charge on any atom is -0.492 e. The molecule has 20 heavy (non-hydrogen) atoms. The summed E-state index contributed by atoms with van der Waals surface area (Å²) in [6.45, 7) is 2.14. The van der Waals surface area contributed by atoms with Gasteiger partial charge in [0.15, 0.2) is 11.5 Å². The summed E-state index contributed by atoms with van der Waals surface area (Å²) in [5.74, 6) is 2.23. The fourth-order valence-electron chi connectivity index (χ4n) is 1.93. The van der Waals surface area contributed by atoms with Gasteiger partial charge in [0, 0.05) is 18.8 Å². The molecule has 1 aliphatic rings. The Labute approximate surface area is 116 Å². The lowest BCUT2D eigenvalue weighted by Crippen LogP contribution is -2.09. The van der Waals surface area contributed by atoms with E-state index in [1.54, 1.807) is 4.68 Å². The molecule has 1 aromatic heterocycles. The van der Waals surface area contributed by atoms with Crippen molar-refractivity contribution in [3.05, 3.63) is 30.1 Å². The van der Waals surface area contributed by atoms with Gasteiger partial charge < -0.3 is 19.5 Å². The molecule has 1 aromatic carbocycles. The Morgan fingerprint density at radius 2 is 2.25 bits per heavy atom. The first-order valence-electron chi connectivity index (χ1n) is 6.41. The van der Waals surface area contributed by atoms with Crippen molar-refractivity contribution in [1.29, 1.82) is 0 Å². The Balaban J connectivity index is 1.51. The molecule has 0 saturated heterocycles. The maximum absolute atomic E-state index is 5.66. The van der Waals surface area contributed by atoms with Crippen LogP contribution in [0.15, 0.2) is 24.4 Å². The highest BCUT2D eigenvalue weighted by Gasteiger charge is 2.13. The molecule has 0 spiro atoms. The van der Waals surface area contributed by atoms with Crippen molar-refractivity contribution in [3.63, 3.8) is 0 Å². The predicted molar refractivity (Wildman–Crippen MR) is 70.8 cm³/mol. The second-order valence-corrected chi connectivity index (χ2v) is 4.37. The molecule has 1 N–H and O–H groups in total. The quantitative estimate of drug-likeness (QED) is 0.841. The third-order valence-electron chi connectivity index (χ3n) is 2.88. The molecule has 2 aromatic rings.